The van der Waals surface area contributed by atoms with E-state index < -0.39 is 14.7 Å². The Bertz CT molecular complexity index is 96.5. The van der Waals surface area contributed by atoms with Crippen molar-refractivity contribution in [3.05, 3.63) is 0 Å². The second kappa shape index (κ2) is 8.09. The van der Waals surface area contributed by atoms with Gasteiger partial charge in [-0.1, -0.05) is 0 Å². The molecule has 0 aliphatic rings. The fourth-order valence-electron chi connectivity index (χ4n) is 1.28. The fraction of sp³-hybridized carbons (Fsp3) is 1.00. The Hall–Kier alpha value is 0.478. The maximum atomic E-state index is 9.22. The standard InChI is InChI=1S/C9H21AsO2/c1-3-5-10(6-4-7-11)8-9(2)12/h9,11-12H,3-8H2,1-2H3. The van der Waals surface area contributed by atoms with E-state index in [-0.39, 0.29) is 6.10 Å². The second-order valence-corrected chi connectivity index (χ2v) is 8.68. The Morgan fingerprint density at radius 2 is 2.00 bits per heavy atom. The van der Waals surface area contributed by atoms with Crippen molar-refractivity contribution in [2.24, 2.45) is 0 Å². The van der Waals surface area contributed by atoms with Crippen LogP contribution in [0.15, 0.2) is 0 Å². The molecule has 0 aliphatic carbocycles. The van der Waals surface area contributed by atoms with Gasteiger partial charge >= 0.3 is 79.9 Å². The minimum absolute atomic E-state index is 0.129. The molecule has 2 N–H and O–H groups in total. The van der Waals surface area contributed by atoms with Crippen LogP contribution >= 0.6 is 0 Å². The van der Waals surface area contributed by atoms with Gasteiger partial charge in [0.15, 0.2) is 0 Å². The van der Waals surface area contributed by atoms with Gasteiger partial charge in [0.2, 0.25) is 0 Å². The molecule has 2 nitrogen and oxygen atoms in total. The monoisotopic (exact) mass is 236 g/mol. The molecule has 3 heteroatoms. The van der Waals surface area contributed by atoms with Crippen LogP contribution in [0.3, 0.4) is 0 Å². The van der Waals surface area contributed by atoms with Gasteiger partial charge in [-0.2, -0.15) is 0 Å². The first-order chi connectivity index (χ1) is 5.70. The molecule has 0 aromatic rings. The van der Waals surface area contributed by atoms with Gasteiger partial charge in [0.05, 0.1) is 0 Å². The van der Waals surface area contributed by atoms with E-state index in [2.05, 4.69) is 6.92 Å². The van der Waals surface area contributed by atoms with Crippen LogP contribution in [0.2, 0.25) is 15.6 Å². The summed E-state index contributed by atoms with van der Waals surface area (Å²) >= 11 is -0.785. The normalized spacial score (nSPS) is 16.0. The van der Waals surface area contributed by atoms with Gasteiger partial charge in [-0.25, -0.2) is 0 Å². The van der Waals surface area contributed by atoms with Crippen LogP contribution < -0.4 is 0 Å². The molecule has 12 heavy (non-hydrogen) atoms. The molecule has 2 atom stereocenters. The van der Waals surface area contributed by atoms with Crippen molar-refractivity contribution in [1.82, 2.24) is 0 Å². The number of rotatable bonds is 7. The second-order valence-electron chi connectivity index (χ2n) is 3.23. The molecule has 0 aliphatic heterocycles. The summed E-state index contributed by atoms with van der Waals surface area (Å²) in [5, 5.41) is 21.4. The Labute approximate surface area is 80.2 Å². The Morgan fingerprint density at radius 1 is 1.33 bits per heavy atom. The van der Waals surface area contributed by atoms with E-state index in [1.165, 1.54) is 16.8 Å². The van der Waals surface area contributed by atoms with Gasteiger partial charge in [-0.05, 0) is 0 Å². The van der Waals surface area contributed by atoms with E-state index in [0.29, 0.717) is 6.61 Å². The fourth-order valence-corrected chi connectivity index (χ4v) is 6.64. The quantitative estimate of drug-likeness (QED) is 0.660. The van der Waals surface area contributed by atoms with E-state index >= 15 is 0 Å². The van der Waals surface area contributed by atoms with Crippen LogP contribution in [0.25, 0.3) is 0 Å². The van der Waals surface area contributed by atoms with Crippen LogP contribution in [0.5, 0.6) is 0 Å². The predicted molar refractivity (Wildman–Crippen MR) is 53.8 cm³/mol. The van der Waals surface area contributed by atoms with Crippen molar-refractivity contribution in [2.45, 2.75) is 48.4 Å². The summed E-state index contributed by atoms with van der Waals surface area (Å²) < 4.78 is 0. The molecule has 2 unspecified atom stereocenters. The van der Waals surface area contributed by atoms with Crippen molar-refractivity contribution < 1.29 is 10.2 Å². The van der Waals surface area contributed by atoms with E-state index in [9.17, 15) is 5.11 Å². The molecular weight excluding hydrogens is 215 g/mol. The summed E-state index contributed by atoms with van der Waals surface area (Å²) in [5.41, 5.74) is 0. The third-order valence-electron chi connectivity index (χ3n) is 1.69. The van der Waals surface area contributed by atoms with Gasteiger partial charge < -0.3 is 0 Å². The summed E-state index contributed by atoms with van der Waals surface area (Å²) in [6, 6.07) is 0. The zero-order valence-corrected chi connectivity index (χ0v) is 10.0. The number of aliphatic hydroxyl groups excluding tert-OH is 2. The van der Waals surface area contributed by atoms with E-state index in [1.807, 2.05) is 6.92 Å². The molecular formula is C9H21AsO2. The molecule has 0 bridgehead atoms. The summed E-state index contributed by atoms with van der Waals surface area (Å²) in [7, 11) is 0. The zero-order chi connectivity index (χ0) is 9.40. The topological polar surface area (TPSA) is 40.5 Å². The molecule has 0 aromatic carbocycles. The first kappa shape index (κ1) is 12.5. The zero-order valence-electron chi connectivity index (χ0n) is 8.16. The minimum atomic E-state index is -0.785. The van der Waals surface area contributed by atoms with Crippen LogP contribution in [-0.4, -0.2) is 37.6 Å². The summed E-state index contributed by atoms with van der Waals surface area (Å²) in [6.45, 7) is 4.38. The molecule has 0 spiro atoms. The SMILES string of the molecule is CCC[As](CCCO)CC(C)O. The van der Waals surface area contributed by atoms with Crippen LogP contribution in [0, 0.1) is 0 Å². The molecule has 0 fully saturated rings. The number of hydrogen-bond donors (Lipinski definition) is 2. The summed E-state index contributed by atoms with van der Waals surface area (Å²) in [6.07, 6.45) is 2.04. The molecule has 0 heterocycles. The molecule has 0 rings (SSSR count). The van der Waals surface area contributed by atoms with Gasteiger partial charge in [-0.15, -0.1) is 0 Å². The molecule has 0 saturated carbocycles. The third kappa shape index (κ3) is 7.15. The maximum absolute atomic E-state index is 9.22. The number of aliphatic hydroxyl groups is 2. The average molecular weight is 236 g/mol. The molecule has 0 saturated heterocycles. The third-order valence-corrected chi connectivity index (χ3v) is 8.14. The van der Waals surface area contributed by atoms with Crippen LogP contribution in [-0.2, 0) is 0 Å². The Balaban J connectivity index is 3.54. The van der Waals surface area contributed by atoms with Crippen LogP contribution in [0.4, 0.5) is 0 Å². The van der Waals surface area contributed by atoms with Gasteiger partial charge in [0.25, 0.3) is 0 Å². The molecule has 0 radical (unpaired) electrons. The van der Waals surface area contributed by atoms with Gasteiger partial charge in [0.1, 0.15) is 0 Å². The first-order valence-corrected chi connectivity index (χ1v) is 8.70. The average Bonchev–Trinajstić information content (AvgIpc) is 2.00. The summed E-state index contributed by atoms with van der Waals surface area (Å²) in [5.74, 6) is 0. The molecule has 0 amide bonds. The Kier molecular flexibility index (Phi) is 8.42. The van der Waals surface area contributed by atoms with E-state index in [0.717, 1.165) is 11.6 Å². The first-order valence-electron chi connectivity index (χ1n) is 4.72. The summed E-state index contributed by atoms with van der Waals surface area (Å²) in [4.78, 5) is 0. The van der Waals surface area contributed by atoms with Crippen molar-refractivity contribution in [2.75, 3.05) is 6.61 Å². The molecule has 0 aromatic heterocycles. The number of hydrogen-bond acceptors (Lipinski definition) is 2. The van der Waals surface area contributed by atoms with Crippen molar-refractivity contribution in [1.29, 1.82) is 0 Å². The molecule has 74 valence electrons. The predicted octanol–water partition coefficient (Wildman–Crippen LogP) is 1.65. The Morgan fingerprint density at radius 3 is 2.42 bits per heavy atom. The van der Waals surface area contributed by atoms with E-state index in [4.69, 9.17) is 5.11 Å². The van der Waals surface area contributed by atoms with Crippen molar-refractivity contribution in [3.8, 4) is 0 Å². The van der Waals surface area contributed by atoms with Gasteiger partial charge in [0, 0.05) is 0 Å². The van der Waals surface area contributed by atoms with Crippen LogP contribution in [0.1, 0.15) is 26.7 Å². The van der Waals surface area contributed by atoms with Crippen molar-refractivity contribution in [3.63, 3.8) is 0 Å². The van der Waals surface area contributed by atoms with Gasteiger partial charge in [-0.3, -0.25) is 0 Å². The van der Waals surface area contributed by atoms with Crippen molar-refractivity contribution >= 4 is 14.7 Å². The van der Waals surface area contributed by atoms with E-state index in [1.54, 1.807) is 0 Å².